The van der Waals surface area contributed by atoms with Gasteiger partial charge in [-0.2, -0.15) is 0 Å². The van der Waals surface area contributed by atoms with Crippen LogP contribution in [0.3, 0.4) is 0 Å². The van der Waals surface area contributed by atoms with Gasteiger partial charge in [-0.1, -0.05) is 17.3 Å². The molecular formula is C13H11FN2O2. The number of hydrogen-bond acceptors (Lipinski definition) is 3. The van der Waals surface area contributed by atoms with Crippen molar-refractivity contribution in [1.29, 1.82) is 0 Å². The first kappa shape index (κ1) is 11.0. The Kier molecular flexibility index (Phi) is 2.40. The largest absolute Gasteiger partial charge is 0.363 e. The van der Waals surface area contributed by atoms with Crippen molar-refractivity contribution in [1.82, 2.24) is 5.16 Å². The lowest BCUT2D eigenvalue weighted by atomic mass is 9.95. The smallest absolute Gasteiger partial charge is 0.236 e. The first-order valence-electron chi connectivity index (χ1n) is 5.69. The average molecular weight is 246 g/mol. The van der Waals surface area contributed by atoms with Crippen LogP contribution in [0.2, 0.25) is 0 Å². The Hall–Kier alpha value is -2.17. The molecule has 1 aromatic heterocycles. The summed E-state index contributed by atoms with van der Waals surface area (Å²) in [6.45, 7) is 0. The summed E-state index contributed by atoms with van der Waals surface area (Å²) in [6.07, 6.45) is 2.93. The quantitative estimate of drug-likeness (QED) is 0.905. The number of nitrogens with one attached hydrogen (secondary N) is 1. The van der Waals surface area contributed by atoms with Gasteiger partial charge < -0.3 is 9.84 Å². The van der Waals surface area contributed by atoms with Gasteiger partial charge in [-0.3, -0.25) is 4.79 Å². The van der Waals surface area contributed by atoms with Crippen molar-refractivity contribution < 1.29 is 13.7 Å². The van der Waals surface area contributed by atoms with Crippen molar-refractivity contribution in [2.75, 3.05) is 5.32 Å². The molecule has 18 heavy (non-hydrogen) atoms. The van der Waals surface area contributed by atoms with Gasteiger partial charge in [-0.15, -0.1) is 0 Å². The van der Waals surface area contributed by atoms with E-state index in [-0.39, 0.29) is 11.7 Å². The zero-order valence-corrected chi connectivity index (χ0v) is 9.52. The van der Waals surface area contributed by atoms with E-state index in [1.165, 1.54) is 18.4 Å². The van der Waals surface area contributed by atoms with Crippen molar-refractivity contribution in [2.24, 2.45) is 0 Å². The summed E-state index contributed by atoms with van der Waals surface area (Å²) in [5.41, 5.74) is 0.303. The molecule has 1 amide bonds. The Bertz CT molecular complexity index is 559. The summed E-state index contributed by atoms with van der Waals surface area (Å²) < 4.78 is 17.5. The number of anilines is 1. The molecule has 1 aromatic carbocycles. The third-order valence-corrected chi connectivity index (χ3v) is 3.26. The van der Waals surface area contributed by atoms with E-state index in [1.807, 2.05) is 0 Å². The molecule has 0 unspecified atom stereocenters. The number of nitrogens with zero attached hydrogens (tertiary/aromatic N) is 1. The highest BCUT2D eigenvalue weighted by molar-refractivity contribution is 6.00. The van der Waals surface area contributed by atoms with Crippen LogP contribution in [0.25, 0.3) is 0 Å². The van der Waals surface area contributed by atoms with Crippen LogP contribution < -0.4 is 5.32 Å². The van der Waals surface area contributed by atoms with E-state index in [2.05, 4.69) is 15.0 Å². The van der Waals surface area contributed by atoms with E-state index in [4.69, 9.17) is 0 Å². The van der Waals surface area contributed by atoms with Crippen LogP contribution in [0.1, 0.15) is 18.4 Å². The normalized spacial score (nSPS) is 16.3. The Morgan fingerprint density at radius 1 is 1.28 bits per heavy atom. The molecule has 3 rings (SSSR count). The highest BCUT2D eigenvalue weighted by atomic mass is 19.1. The minimum Gasteiger partial charge on any atom is -0.363 e. The van der Waals surface area contributed by atoms with Gasteiger partial charge in [0.1, 0.15) is 12.1 Å². The number of carbonyl (C=O) groups excluding carboxylic acids is 1. The number of aromatic nitrogens is 1. The summed E-state index contributed by atoms with van der Waals surface area (Å²) >= 11 is 0. The topological polar surface area (TPSA) is 55.1 Å². The zero-order valence-electron chi connectivity index (χ0n) is 9.52. The molecule has 0 spiro atoms. The number of amides is 1. The SMILES string of the molecule is O=C(Nc1ccon1)C1(c2ccc(F)cc2)CC1. The van der Waals surface area contributed by atoms with Crippen molar-refractivity contribution in [3.63, 3.8) is 0 Å². The summed E-state index contributed by atoms with van der Waals surface area (Å²) in [4.78, 5) is 12.2. The summed E-state index contributed by atoms with van der Waals surface area (Å²) in [5, 5.41) is 6.34. The summed E-state index contributed by atoms with van der Waals surface area (Å²) in [7, 11) is 0. The van der Waals surface area contributed by atoms with Crippen LogP contribution in [-0.4, -0.2) is 11.1 Å². The Morgan fingerprint density at radius 3 is 2.56 bits per heavy atom. The van der Waals surface area contributed by atoms with Crippen LogP contribution >= 0.6 is 0 Å². The van der Waals surface area contributed by atoms with Crippen molar-refractivity contribution in [3.05, 3.63) is 48.0 Å². The van der Waals surface area contributed by atoms with E-state index >= 15 is 0 Å². The number of carbonyl (C=O) groups is 1. The fourth-order valence-electron chi connectivity index (χ4n) is 2.05. The molecule has 92 valence electrons. The molecule has 1 aliphatic rings. The third-order valence-electron chi connectivity index (χ3n) is 3.26. The summed E-state index contributed by atoms with van der Waals surface area (Å²) in [5.74, 6) is -0.0251. The Morgan fingerprint density at radius 2 is 2.00 bits per heavy atom. The minimum atomic E-state index is -0.535. The highest BCUT2D eigenvalue weighted by Gasteiger charge is 2.51. The van der Waals surface area contributed by atoms with Gasteiger partial charge in [0.25, 0.3) is 0 Å². The molecule has 1 saturated carbocycles. The molecule has 0 radical (unpaired) electrons. The van der Waals surface area contributed by atoms with Crippen LogP contribution in [-0.2, 0) is 10.2 Å². The van der Waals surface area contributed by atoms with Crippen LogP contribution in [0.4, 0.5) is 10.2 Å². The molecule has 4 nitrogen and oxygen atoms in total. The molecule has 1 N–H and O–H groups in total. The second-order valence-electron chi connectivity index (χ2n) is 4.43. The third kappa shape index (κ3) is 1.77. The number of hydrogen-bond donors (Lipinski definition) is 1. The molecule has 2 aromatic rings. The lowest BCUT2D eigenvalue weighted by Gasteiger charge is -2.14. The van der Waals surface area contributed by atoms with Gasteiger partial charge in [0, 0.05) is 6.07 Å². The maximum absolute atomic E-state index is 12.9. The second-order valence-corrected chi connectivity index (χ2v) is 4.43. The molecule has 0 bridgehead atoms. The van der Waals surface area contributed by atoms with Crippen LogP contribution in [0.5, 0.6) is 0 Å². The van der Waals surface area contributed by atoms with E-state index in [0.29, 0.717) is 5.82 Å². The lowest BCUT2D eigenvalue weighted by Crippen LogP contribution is -2.27. The highest BCUT2D eigenvalue weighted by Crippen LogP contribution is 2.48. The fourth-order valence-corrected chi connectivity index (χ4v) is 2.05. The predicted molar refractivity (Wildman–Crippen MR) is 62.4 cm³/mol. The van der Waals surface area contributed by atoms with Gasteiger partial charge in [-0.05, 0) is 30.5 Å². The monoisotopic (exact) mass is 246 g/mol. The number of benzene rings is 1. The minimum absolute atomic E-state index is 0.122. The van der Waals surface area contributed by atoms with Crippen LogP contribution in [0.15, 0.2) is 41.1 Å². The van der Waals surface area contributed by atoms with Gasteiger partial charge >= 0.3 is 0 Å². The van der Waals surface area contributed by atoms with Gasteiger partial charge in [-0.25, -0.2) is 4.39 Å². The molecule has 0 saturated heterocycles. The van der Waals surface area contributed by atoms with Crippen LogP contribution in [0, 0.1) is 5.82 Å². The van der Waals surface area contributed by atoms with E-state index in [1.54, 1.807) is 18.2 Å². The average Bonchev–Trinajstić information content (AvgIpc) is 3.03. The summed E-state index contributed by atoms with van der Waals surface area (Å²) in [6, 6.07) is 7.64. The lowest BCUT2D eigenvalue weighted by molar-refractivity contribution is -0.118. The second kappa shape index (κ2) is 3.94. The molecule has 0 atom stereocenters. The van der Waals surface area contributed by atoms with Gasteiger partial charge in [0.05, 0.1) is 5.41 Å². The Balaban J connectivity index is 1.82. The first-order valence-corrected chi connectivity index (χ1v) is 5.69. The van der Waals surface area contributed by atoms with E-state index in [9.17, 15) is 9.18 Å². The number of rotatable bonds is 3. The molecule has 1 fully saturated rings. The maximum atomic E-state index is 12.9. The van der Waals surface area contributed by atoms with Gasteiger partial charge in [0.15, 0.2) is 5.82 Å². The maximum Gasteiger partial charge on any atom is 0.236 e. The predicted octanol–water partition coefficient (Wildman–Crippen LogP) is 2.48. The fraction of sp³-hybridized carbons (Fsp3) is 0.231. The zero-order chi connectivity index (χ0) is 12.6. The van der Waals surface area contributed by atoms with Gasteiger partial charge in [0.2, 0.25) is 5.91 Å². The van der Waals surface area contributed by atoms with Crippen molar-refractivity contribution in [2.45, 2.75) is 18.3 Å². The van der Waals surface area contributed by atoms with Crippen molar-refractivity contribution >= 4 is 11.7 Å². The van der Waals surface area contributed by atoms with Crippen molar-refractivity contribution in [3.8, 4) is 0 Å². The Labute approximate surface area is 103 Å². The standard InChI is InChI=1S/C13H11FN2O2/c14-10-3-1-9(2-4-10)13(6-7-13)12(17)15-11-5-8-18-16-11/h1-5,8H,6-7H2,(H,15,16,17). The molecule has 5 heteroatoms. The van der Waals surface area contributed by atoms with E-state index in [0.717, 1.165) is 18.4 Å². The molecule has 0 aliphatic heterocycles. The molecule has 1 aliphatic carbocycles. The van der Waals surface area contributed by atoms with E-state index < -0.39 is 5.41 Å². The number of halogens is 1. The molecule has 1 heterocycles. The molecular weight excluding hydrogens is 235 g/mol. The first-order chi connectivity index (χ1) is 8.71.